The number of fused-ring (bicyclic) bond motifs is 1. The molecule has 0 spiro atoms. The van der Waals surface area contributed by atoms with Crippen LogP contribution in [0.25, 0.3) is 0 Å². The number of hydrogen-bond acceptors (Lipinski definition) is 3. The third-order valence-corrected chi connectivity index (χ3v) is 3.90. The van der Waals surface area contributed by atoms with Gasteiger partial charge in [0.05, 0.1) is 5.71 Å². The highest BCUT2D eigenvalue weighted by Gasteiger charge is 2.28. The number of benzene rings is 1. The highest BCUT2D eigenvalue weighted by molar-refractivity contribution is 7.98. The molecule has 1 aliphatic rings. The smallest absolute Gasteiger partial charge is 0.177 e. The molecule has 0 radical (unpaired) electrons. The molecule has 1 aromatic rings. The van der Waals surface area contributed by atoms with Crippen molar-refractivity contribution in [3.05, 3.63) is 29.6 Å². The fourth-order valence-corrected chi connectivity index (χ4v) is 2.47. The molecule has 5 heteroatoms. The summed E-state index contributed by atoms with van der Waals surface area (Å²) in [7, 11) is 0. The summed E-state index contributed by atoms with van der Waals surface area (Å²) in [5.41, 5.74) is 0.798. The lowest BCUT2D eigenvalue weighted by molar-refractivity contribution is 0.222. The third-order valence-electron chi connectivity index (χ3n) is 2.57. The number of hydrogen-bond donors (Lipinski definition) is 0. The van der Waals surface area contributed by atoms with E-state index in [1.807, 2.05) is 0 Å². The Morgan fingerprint density at radius 1 is 1.42 bits per heavy atom. The first-order chi connectivity index (χ1) is 8.88. The van der Waals surface area contributed by atoms with Crippen LogP contribution in [0.1, 0.15) is 26.3 Å². The zero-order valence-corrected chi connectivity index (χ0v) is 12.1. The fraction of sp³-hybridized carbons (Fsp3) is 0.500. The molecule has 0 aromatic heterocycles. The van der Waals surface area contributed by atoms with Gasteiger partial charge in [-0.25, -0.2) is 13.2 Å². The maximum Gasteiger partial charge on any atom is 0.177 e. The summed E-state index contributed by atoms with van der Waals surface area (Å²) >= 11 is 1.31. The van der Waals surface area contributed by atoms with Gasteiger partial charge in [0.2, 0.25) is 0 Å². The van der Waals surface area contributed by atoms with Crippen LogP contribution < -0.4 is 4.74 Å². The van der Waals surface area contributed by atoms with Gasteiger partial charge >= 0.3 is 0 Å². The lowest BCUT2D eigenvalue weighted by Crippen LogP contribution is -2.30. The Hall–Kier alpha value is -1.10. The molecule has 0 bridgehead atoms. The molecule has 0 saturated heterocycles. The van der Waals surface area contributed by atoms with Crippen LogP contribution in [-0.4, -0.2) is 24.2 Å². The molecule has 19 heavy (non-hydrogen) atoms. The van der Waals surface area contributed by atoms with Crippen LogP contribution in [0, 0.1) is 11.2 Å². The Bertz CT molecular complexity index is 497. The molecular weight excluding hydrogens is 268 g/mol. The SMILES string of the molecule is CC(C)(C)CS/N=C1/c2cccc(F)c2OCC1F. The van der Waals surface area contributed by atoms with Gasteiger partial charge in [0.1, 0.15) is 6.61 Å². The van der Waals surface area contributed by atoms with E-state index in [-0.39, 0.29) is 23.5 Å². The molecular formula is C14H17F2NOS. The zero-order valence-electron chi connectivity index (χ0n) is 11.2. The van der Waals surface area contributed by atoms with Gasteiger partial charge in [-0.3, -0.25) is 0 Å². The van der Waals surface area contributed by atoms with Crippen molar-refractivity contribution in [3.63, 3.8) is 0 Å². The number of rotatable bonds is 2. The summed E-state index contributed by atoms with van der Waals surface area (Å²) < 4.78 is 36.8. The molecule has 0 saturated carbocycles. The minimum Gasteiger partial charge on any atom is -0.486 e. The summed E-state index contributed by atoms with van der Waals surface area (Å²) in [5, 5.41) is 0. The monoisotopic (exact) mass is 285 g/mol. The summed E-state index contributed by atoms with van der Waals surface area (Å²) in [4.78, 5) is 0. The van der Waals surface area contributed by atoms with Crippen LogP contribution in [0.15, 0.2) is 22.6 Å². The van der Waals surface area contributed by atoms with Gasteiger partial charge in [0, 0.05) is 11.3 Å². The predicted octanol–water partition coefficient (Wildman–Crippen LogP) is 4.04. The van der Waals surface area contributed by atoms with Gasteiger partial charge < -0.3 is 4.74 Å². The largest absolute Gasteiger partial charge is 0.486 e. The molecule has 104 valence electrons. The van der Waals surface area contributed by atoms with Gasteiger partial charge in [-0.15, -0.1) is 0 Å². The Labute approximate surface area is 116 Å². The van der Waals surface area contributed by atoms with Crippen LogP contribution in [0.3, 0.4) is 0 Å². The van der Waals surface area contributed by atoms with Crippen LogP contribution in [0.2, 0.25) is 0 Å². The lowest BCUT2D eigenvalue weighted by Gasteiger charge is -2.23. The number of halogens is 2. The number of para-hydroxylation sites is 1. The minimum absolute atomic E-state index is 0.103. The molecule has 1 heterocycles. The maximum absolute atomic E-state index is 13.9. The highest BCUT2D eigenvalue weighted by Crippen LogP contribution is 2.31. The standard InChI is InChI=1S/C14H17F2NOS/c1-14(2,3)8-19-17-12-9-5-4-6-10(15)13(9)18-7-11(12)16/h4-6,11H,7-8H2,1-3H3/b17-12-. The molecule has 0 amide bonds. The van der Waals surface area contributed by atoms with Crippen molar-refractivity contribution >= 4 is 17.7 Å². The average Bonchev–Trinajstić information content (AvgIpc) is 2.31. The average molecular weight is 285 g/mol. The van der Waals surface area contributed by atoms with E-state index in [1.165, 1.54) is 18.0 Å². The zero-order chi connectivity index (χ0) is 14.0. The molecule has 1 atom stereocenters. The first-order valence-corrected chi connectivity index (χ1v) is 7.08. The van der Waals surface area contributed by atoms with Crippen molar-refractivity contribution in [2.24, 2.45) is 9.81 Å². The van der Waals surface area contributed by atoms with E-state index >= 15 is 0 Å². The van der Waals surface area contributed by atoms with Crippen molar-refractivity contribution in [1.29, 1.82) is 0 Å². The number of ether oxygens (including phenoxy) is 1. The Morgan fingerprint density at radius 2 is 2.16 bits per heavy atom. The van der Waals surface area contributed by atoms with E-state index in [0.717, 1.165) is 5.75 Å². The molecule has 2 nitrogen and oxygen atoms in total. The fourth-order valence-electron chi connectivity index (χ4n) is 1.66. The number of nitrogens with zero attached hydrogens (tertiary/aromatic N) is 1. The second kappa shape index (κ2) is 5.49. The van der Waals surface area contributed by atoms with Gasteiger partial charge in [0.15, 0.2) is 17.7 Å². The molecule has 0 N–H and O–H groups in total. The third kappa shape index (κ3) is 3.47. The minimum atomic E-state index is -1.30. The van der Waals surface area contributed by atoms with E-state index < -0.39 is 12.0 Å². The van der Waals surface area contributed by atoms with Crippen LogP contribution in [-0.2, 0) is 0 Å². The Morgan fingerprint density at radius 3 is 2.84 bits per heavy atom. The second-order valence-electron chi connectivity index (χ2n) is 5.71. The predicted molar refractivity (Wildman–Crippen MR) is 75.2 cm³/mol. The van der Waals surface area contributed by atoms with Crippen LogP contribution in [0.4, 0.5) is 8.78 Å². The van der Waals surface area contributed by atoms with Crippen molar-refractivity contribution in [1.82, 2.24) is 0 Å². The van der Waals surface area contributed by atoms with Gasteiger partial charge in [-0.05, 0) is 29.5 Å². The summed E-state index contributed by atoms with van der Waals surface area (Å²) in [5.74, 6) is 0.402. The first kappa shape index (κ1) is 14.3. The lowest BCUT2D eigenvalue weighted by atomic mass is 10.0. The molecule has 2 rings (SSSR count). The van der Waals surface area contributed by atoms with E-state index in [0.29, 0.717) is 5.56 Å². The Balaban J connectivity index is 2.26. The summed E-state index contributed by atoms with van der Waals surface area (Å²) in [6.07, 6.45) is -1.30. The van der Waals surface area contributed by atoms with Gasteiger partial charge in [0.25, 0.3) is 0 Å². The molecule has 1 aliphatic heterocycles. The molecule has 1 aromatic carbocycles. The quantitative estimate of drug-likeness (QED) is 0.765. The molecule has 0 fully saturated rings. The van der Waals surface area contributed by atoms with E-state index in [2.05, 4.69) is 25.2 Å². The van der Waals surface area contributed by atoms with Crippen molar-refractivity contribution in [2.45, 2.75) is 26.9 Å². The van der Waals surface area contributed by atoms with Crippen molar-refractivity contribution in [2.75, 3.05) is 12.4 Å². The maximum atomic E-state index is 13.9. The van der Waals surface area contributed by atoms with Crippen molar-refractivity contribution in [3.8, 4) is 5.75 Å². The summed E-state index contributed by atoms with van der Waals surface area (Å²) in [6.45, 7) is 6.09. The normalized spacial score (nSPS) is 21.1. The van der Waals surface area contributed by atoms with Crippen LogP contribution >= 0.6 is 11.9 Å². The highest BCUT2D eigenvalue weighted by atomic mass is 32.2. The first-order valence-electron chi connectivity index (χ1n) is 6.14. The van der Waals surface area contributed by atoms with Gasteiger partial charge in [-0.1, -0.05) is 26.8 Å². The second-order valence-corrected chi connectivity index (χ2v) is 6.44. The van der Waals surface area contributed by atoms with E-state index in [4.69, 9.17) is 4.74 Å². The molecule has 0 aliphatic carbocycles. The summed E-state index contributed by atoms with van der Waals surface area (Å²) in [6, 6.07) is 4.48. The van der Waals surface area contributed by atoms with Crippen molar-refractivity contribution < 1.29 is 13.5 Å². The van der Waals surface area contributed by atoms with Crippen LogP contribution in [0.5, 0.6) is 5.75 Å². The molecule has 1 unspecified atom stereocenters. The van der Waals surface area contributed by atoms with E-state index in [1.54, 1.807) is 12.1 Å². The van der Waals surface area contributed by atoms with E-state index in [9.17, 15) is 8.78 Å². The topological polar surface area (TPSA) is 21.6 Å². The van der Waals surface area contributed by atoms with Gasteiger partial charge in [-0.2, -0.15) is 0 Å². The number of alkyl halides is 1. The Kier molecular flexibility index (Phi) is 4.13.